The monoisotopic (exact) mass is 1350 g/mol. The normalized spacial score (nSPS) is 22.7. The standard InChI is InChI=1S/C26H45BNO.C21H25BNO.C19H26BN2O2.C17H37BNOSi/c1-18(2)28(19(3)4)27-17-16-26(29)15-13-24-23-11-10-20-8-6-7-9-21(20)22(23)12-14-25(24,26)5;1-15(2)23(16(3)4)22-14-13-21(24)19-11-7-5-9-17(19)18-10-6-8-12-20(18)21;1-14(2)22(15(3)4)20-12-8-5-9-13-21-18(23)16-10-6-7-11-17(16)19(21)24;1-15(2)19(16(3)4)18-13-11-10-12-14-20-21(8,9)17(5,6)7/h8,18-19,21-24,29H,6-7,9-17H2,1-5H3;5-16,24H,1-4H3;6-8,10-12,14-15H,5,9,13H2,1-4H3;11,13,15-16H,10,12,14H2,1-9H3/b;14-13+;12-8+;13-11+/t21-,22+,23+,24-,25-,26+;;;/m0.../s1. The van der Waals surface area contributed by atoms with Crippen LogP contribution < -0.4 is 0 Å². The zero-order chi connectivity index (χ0) is 72.5. The molecule has 15 heteroatoms. The lowest BCUT2D eigenvalue weighted by molar-refractivity contribution is -0.119. The minimum Gasteiger partial charge on any atom is -0.417 e. The average Bonchev–Trinajstić information content (AvgIpc) is 1.51. The van der Waals surface area contributed by atoms with E-state index in [-0.39, 0.29) is 17.2 Å². The Bertz CT molecular complexity index is 2990. The molecule has 0 spiro atoms. The van der Waals surface area contributed by atoms with Gasteiger partial charge in [0.2, 0.25) is 29.7 Å². The van der Waals surface area contributed by atoms with Crippen LogP contribution in [0.3, 0.4) is 0 Å². The second-order valence-corrected chi connectivity index (χ2v) is 38.1. The van der Waals surface area contributed by atoms with E-state index in [1.807, 2.05) is 54.0 Å². The summed E-state index contributed by atoms with van der Waals surface area (Å²) in [4.78, 5) is 35.3. The third-order valence-corrected chi connectivity index (χ3v) is 27.7. The summed E-state index contributed by atoms with van der Waals surface area (Å²) in [5, 5.41) is 23.7. The van der Waals surface area contributed by atoms with E-state index >= 15 is 0 Å². The molecule has 3 saturated carbocycles. The van der Waals surface area contributed by atoms with Crippen molar-refractivity contribution in [1.29, 1.82) is 0 Å². The van der Waals surface area contributed by atoms with Crippen molar-refractivity contribution in [3.05, 3.63) is 143 Å². The number of hydrogen-bond donors (Lipinski definition) is 2. The maximum Gasteiger partial charge on any atom is 0.261 e. The van der Waals surface area contributed by atoms with E-state index in [1.54, 1.807) is 24.3 Å². The van der Waals surface area contributed by atoms with Crippen LogP contribution in [0.4, 0.5) is 0 Å². The third kappa shape index (κ3) is 20.9. The number of amides is 2. The summed E-state index contributed by atoms with van der Waals surface area (Å²) in [6.07, 6.45) is 26.4. The van der Waals surface area contributed by atoms with Gasteiger partial charge in [-0.05, 0) is 220 Å². The molecule has 10 nitrogen and oxygen atoms in total. The lowest BCUT2D eigenvalue weighted by Crippen LogP contribution is -2.53. The number of fused-ring (bicyclic) bond motifs is 9. The summed E-state index contributed by atoms with van der Waals surface area (Å²) in [6, 6.07) is 27.2. The number of carbonyl (C=O) groups excluding carboxylic acids is 2. The first-order chi connectivity index (χ1) is 46.1. The quantitative estimate of drug-likeness (QED) is 0.0319. The Labute approximate surface area is 603 Å². The van der Waals surface area contributed by atoms with Crippen LogP contribution in [0.1, 0.15) is 260 Å². The summed E-state index contributed by atoms with van der Waals surface area (Å²) in [7, 11) is 7.22. The van der Waals surface area contributed by atoms with Gasteiger partial charge in [-0.2, -0.15) is 0 Å². The number of imide groups is 1. The van der Waals surface area contributed by atoms with Gasteiger partial charge in [-0.25, -0.2) is 0 Å². The average molecular weight is 1350 g/mol. The van der Waals surface area contributed by atoms with Crippen LogP contribution in [0.5, 0.6) is 0 Å². The first kappa shape index (κ1) is 82.9. The van der Waals surface area contributed by atoms with E-state index in [0.717, 1.165) is 97.4 Å². The Morgan fingerprint density at radius 2 is 1.05 bits per heavy atom. The molecule has 2 N–H and O–H groups in total. The first-order valence-corrected chi connectivity index (χ1v) is 41.4. The predicted octanol–water partition coefficient (Wildman–Crippen LogP) is 18.7. The van der Waals surface area contributed by atoms with Crippen LogP contribution in [-0.2, 0) is 10.0 Å². The van der Waals surface area contributed by atoms with Crippen molar-refractivity contribution in [3.8, 4) is 11.1 Å². The molecule has 0 unspecified atom stereocenters. The van der Waals surface area contributed by atoms with Crippen LogP contribution in [0.15, 0.2) is 121 Å². The largest absolute Gasteiger partial charge is 0.417 e. The van der Waals surface area contributed by atoms with Crippen molar-refractivity contribution >= 4 is 49.8 Å². The second kappa shape index (κ2) is 37.4. The van der Waals surface area contributed by atoms with Crippen molar-refractivity contribution < 1.29 is 24.2 Å². The van der Waals surface area contributed by atoms with E-state index in [9.17, 15) is 19.8 Å². The van der Waals surface area contributed by atoms with Crippen molar-refractivity contribution in [1.82, 2.24) is 24.1 Å². The van der Waals surface area contributed by atoms with Gasteiger partial charge < -0.3 is 33.9 Å². The van der Waals surface area contributed by atoms with E-state index < -0.39 is 19.5 Å². The van der Waals surface area contributed by atoms with Gasteiger partial charge in [-0.1, -0.05) is 235 Å². The lowest BCUT2D eigenvalue weighted by Gasteiger charge is -2.56. The number of rotatable bonds is 28. The Hall–Kier alpha value is -4.04. The summed E-state index contributed by atoms with van der Waals surface area (Å²) in [6.45, 7) is 50.8. The van der Waals surface area contributed by atoms with Crippen LogP contribution in [0, 0.1) is 29.1 Å². The highest BCUT2D eigenvalue weighted by Crippen LogP contribution is 2.66. The van der Waals surface area contributed by atoms with Gasteiger partial charge in [0.1, 0.15) is 5.60 Å². The number of carbonyl (C=O) groups is 2. The van der Waals surface area contributed by atoms with E-state index in [2.05, 4.69) is 243 Å². The van der Waals surface area contributed by atoms with E-state index in [1.165, 1.54) is 56.3 Å². The molecule has 0 saturated heterocycles. The topological polar surface area (TPSA) is 100 Å². The highest BCUT2D eigenvalue weighted by molar-refractivity contribution is 6.74. The maximum atomic E-state index is 12.2. The lowest BCUT2D eigenvalue weighted by atomic mass is 9.50. The molecule has 2 amide bonds. The van der Waals surface area contributed by atoms with Crippen molar-refractivity contribution in [3.63, 3.8) is 0 Å². The Morgan fingerprint density at radius 3 is 1.53 bits per heavy atom. The van der Waals surface area contributed by atoms with Gasteiger partial charge in [-0.15, -0.1) is 17.9 Å². The highest BCUT2D eigenvalue weighted by atomic mass is 28.4. The van der Waals surface area contributed by atoms with Gasteiger partial charge >= 0.3 is 0 Å². The molecule has 6 atom stereocenters. The minimum absolute atomic E-state index is 0.137. The van der Waals surface area contributed by atoms with Gasteiger partial charge in [0.05, 0.1) is 16.7 Å². The Kier molecular flexibility index (Phi) is 31.6. The number of allylic oxidation sites excluding steroid dienone is 4. The summed E-state index contributed by atoms with van der Waals surface area (Å²) in [5.74, 6) is 9.32. The van der Waals surface area contributed by atoms with Crippen molar-refractivity contribution in [2.45, 2.75) is 312 Å². The van der Waals surface area contributed by atoms with Gasteiger partial charge in [0, 0.05) is 13.2 Å². The molecular weight excluding hydrogens is 1220 g/mol. The summed E-state index contributed by atoms with van der Waals surface area (Å²) >= 11 is 0. The molecule has 9 rings (SSSR count). The summed E-state index contributed by atoms with van der Waals surface area (Å²) < 4.78 is 6.18. The van der Waals surface area contributed by atoms with Crippen LogP contribution in [0.2, 0.25) is 24.5 Å². The van der Waals surface area contributed by atoms with Crippen molar-refractivity contribution in [2.75, 3.05) is 13.2 Å². The zero-order valence-corrected chi connectivity index (χ0v) is 66.6. The van der Waals surface area contributed by atoms with Crippen molar-refractivity contribution in [2.24, 2.45) is 29.1 Å². The highest BCUT2D eigenvalue weighted by Gasteiger charge is 2.62. The third-order valence-electron chi connectivity index (χ3n) is 23.1. The molecule has 1 heterocycles. The Morgan fingerprint density at radius 1 is 0.592 bits per heavy atom. The SMILES string of the molecule is CC(C)N([B]/C=C/C1(O)c2ccccc2-c2ccccc21)C(C)C.CC(C)N([B]/C=C/CCCN1C(=O)c2ccccc2C1=O)C(C)C.CC(C)N([B]/C=C/CCCO[Si](C)(C)C(C)(C)C)C(C)C.CC(C)N([B]CC[C@]1(O)CC[C@H]2[C@@H]3CCC4=CCCC[C@@H]4[C@H]3CC[C@@]21C)C(C)C. The number of nitrogens with zero attached hydrogens (tertiary/aromatic N) is 5. The molecule has 0 bridgehead atoms. The van der Waals surface area contributed by atoms with E-state index in [0.29, 0.717) is 71.0 Å². The molecular formula is C83H133B4N5O5Si. The smallest absolute Gasteiger partial charge is 0.261 e. The predicted molar refractivity (Wildman–Crippen MR) is 423 cm³/mol. The molecule has 4 radical (unpaired) electrons. The number of unbranched alkanes of at least 4 members (excludes halogenated alkanes) is 2. The number of benzene rings is 3. The fraction of sp³-hybridized carbons (Fsp3) is 0.663. The van der Waals surface area contributed by atoms with Gasteiger partial charge in [-0.3, -0.25) is 14.5 Å². The van der Waals surface area contributed by atoms with Crippen LogP contribution in [0.25, 0.3) is 11.1 Å². The molecule has 5 aliphatic carbocycles. The van der Waals surface area contributed by atoms with Gasteiger partial charge in [0.25, 0.3) is 11.8 Å². The molecule has 0 aromatic heterocycles. The maximum absolute atomic E-state index is 12.2. The number of hydrogen-bond acceptors (Lipinski definition) is 9. The molecule has 3 aromatic rings. The van der Waals surface area contributed by atoms with Gasteiger partial charge in [0.15, 0.2) is 8.32 Å². The molecule has 1 aliphatic heterocycles. The zero-order valence-electron chi connectivity index (χ0n) is 65.6. The Balaban J connectivity index is 0.000000208. The fourth-order valence-corrected chi connectivity index (χ4v) is 18.0. The minimum atomic E-state index is -1.56. The molecule has 3 fully saturated rings. The second-order valence-electron chi connectivity index (χ2n) is 33.3. The van der Waals surface area contributed by atoms with Crippen LogP contribution in [-0.4, -0.2) is 151 Å². The molecule has 98 heavy (non-hydrogen) atoms. The van der Waals surface area contributed by atoms with Crippen LogP contribution >= 0.6 is 0 Å². The molecule has 3 aromatic carbocycles. The fourth-order valence-electron chi connectivity index (χ4n) is 16.9. The van der Waals surface area contributed by atoms with E-state index in [4.69, 9.17) is 4.43 Å². The number of aliphatic hydroxyl groups is 2. The molecule has 6 aliphatic rings. The molecule has 536 valence electrons. The first-order valence-electron chi connectivity index (χ1n) is 38.5. The summed E-state index contributed by atoms with van der Waals surface area (Å²) in [5.41, 5.74) is 5.62.